The summed E-state index contributed by atoms with van der Waals surface area (Å²) in [5.41, 5.74) is 1.21. The van der Waals surface area contributed by atoms with E-state index in [-0.39, 0.29) is 10.9 Å². The van der Waals surface area contributed by atoms with Crippen LogP contribution in [0.3, 0.4) is 0 Å². The smallest absolute Gasteiger partial charge is 0.218 e. The van der Waals surface area contributed by atoms with Crippen LogP contribution in [0.4, 0.5) is 5.69 Å². The van der Waals surface area contributed by atoms with Crippen molar-refractivity contribution in [2.24, 2.45) is 0 Å². The van der Waals surface area contributed by atoms with Gasteiger partial charge in [-0.25, -0.2) is 0 Å². The van der Waals surface area contributed by atoms with E-state index in [0.717, 1.165) is 28.9 Å². The molecule has 2 rings (SSSR count). The Morgan fingerprint density at radius 1 is 1.09 bits per heavy atom. The lowest BCUT2D eigenvalue weighted by molar-refractivity contribution is 0.0605. The number of aromatic hydroxyl groups is 1. The molecule has 8 heteroatoms. The molecule has 1 heterocycles. The Hall–Kier alpha value is -0.540. The largest absolute Gasteiger partial charge is 0.508 e. The average molecular weight is 376 g/mol. The molecule has 0 bridgehead atoms. The van der Waals surface area contributed by atoms with Crippen molar-refractivity contribution in [3.63, 3.8) is 0 Å². The zero-order valence-corrected chi connectivity index (χ0v) is 15.3. The van der Waals surface area contributed by atoms with Crippen LogP contribution in [-0.2, 0) is 9.47 Å². The second-order valence-electron chi connectivity index (χ2n) is 4.85. The van der Waals surface area contributed by atoms with E-state index in [1.54, 1.807) is 35.7 Å². The first-order valence-corrected chi connectivity index (χ1v) is 10.1. The third kappa shape index (κ3) is 6.46. The summed E-state index contributed by atoms with van der Waals surface area (Å²) in [7, 11) is 0. The highest BCUT2D eigenvalue weighted by atomic mass is 32.2. The third-order valence-electron chi connectivity index (χ3n) is 3.16. The van der Waals surface area contributed by atoms with Crippen LogP contribution >= 0.6 is 36.2 Å². The number of rotatable bonds is 2. The molecular formula is C15H21NO4S3. The molecule has 1 aromatic carbocycles. The number of thiol groups is 1. The molecule has 0 unspecified atom stereocenters. The number of nitrogens with zero attached hydrogens (tertiary/aromatic N) is 1. The number of anilines is 1. The van der Waals surface area contributed by atoms with Crippen molar-refractivity contribution in [1.82, 2.24) is 0 Å². The van der Waals surface area contributed by atoms with Crippen LogP contribution in [0.5, 0.6) is 5.75 Å². The topological polar surface area (TPSA) is 59.0 Å². The van der Waals surface area contributed by atoms with E-state index >= 15 is 0 Å². The van der Waals surface area contributed by atoms with E-state index in [1.807, 2.05) is 0 Å². The molecule has 5 nitrogen and oxygen atoms in total. The highest BCUT2D eigenvalue weighted by Gasteiger charge is 2.16. The van der Waals surface area contributed by atoms with Crippen molar-refractivity contribution >= 4 is 47.0 Å². The van der Waals surface area contributed by atoms with Gasteiger partial charge < -0.3 is 19.5 Å². The highest BCUT2D eigenvalue weighted by Crippen LogP contribution is 2.29. The van der Waals surface area contributed by atoms with E-state index in [0.29, 0.717) is 32.0 Å². The molecule has 0 atom stereocenters. The van der Waals surface area contributed by atoms with Crippen molar-refractivity contribution in [3.05, 3.63) is 23.8 Å². The molecule has 1 N–H and O–H groups in total. The van der Waals surface area contributed by atoms with Gasteiger partial charge in [0.15, 0.2) is 0 Å². The van der Waals surface area contributed by atoms with Gasteiger partial charge in [-0.2, -0.15) is 0 Å². The van der Waals surface area contributed by atoms with Gasteiger partial charge in [-0.05, 0) is 18.2 Å². The molecule has 1 saturated heterocycles. The minimum Gasteiger partial charge on any atom is -0.508 e. The lowest BCUT2D eigenvalue weighted by Crippen LogP contribution is -2.24. The summed E-state index contributed by atoms with van der Waals surface area (Å²) in [5, 5.41) is 9.27. The molecule has 0 aromatic heterocycles. The van der Waals surface area contributed by atoms with Gasteiger partial charge in [0.2, 0.25) is 5.12 Å². The zero-order chi connectivity index (χ0) is 16.5. The van der Waals surface area contributed by atoms with E-state index in [2.05, 4.69) is 17.5 Å². The Labute approximate surface area is 150 Å². The monoisotopic (exact) mass is 375 g/mol. The van der Waals surface area contributed by atoms with Crippen molar-refractivity contribution in [3.8, 4) is 5.75 Å². The van der Waals surface area contributed by atoms with E-state index < -0.39 is 0 Å². The fraction of sp³-hybridized carbons (Fsp3) is 0.533. The quantitative estimate of drug-likeness (QED) is 0.771. The number of hydrogen-bond donors (Lipinski definition) is 2. The van der Waals surface area contributed by atoms with Gasteiger partial charge in [0, 0.05) is 11.5 Å². The first-order chi connectivity index (χ1) is 11.2. The van der Waals surface area contributed by atoms with Crippen LogP contribution in [0.25, 0.3) is 0 Å². The minimum absolute atomic E-state index is 0.0686. The molecule has 1 fully saturated rings. The molecule has 1 aromatic rings. The number of carbonyl (C=O) groups excluding carboxylic acids is 1. The Balaban J connectivity index is 2.11. The average Bonchev–Trinajstić information content (AvgIpc) is 2.56. The van der Waals surface area contributed by atoms with Crippen molar-refractivity contribution in [2.45, 2.75) is 0 Å². The molecular weight excluding hydrogens is 354 g/mol. The fourth-order valence-electron chi connectivity index (χ4n) is 2.05. The van der Waals surface area contributed by atoms with Crippen LogP contribution in [0.15, 0.2) is 18.2 Å². The molecule has 0 amide bonds. The molecule has 0 saturated carbocycles. The second kappa shape index (κ2) is 10.4. The number of thioether (sulfide) groups is 2. The van der Waals surface area contributed by atoms with Crippen LogP contribution in [0.1, 0.15) is 10.4 Å². The van der Waals surface area contributed by atoms with Gasteiger partial charge in [0.05, 0.1) is 49.4 Å². The molecule has 23 heavy (non-hydrogen) atoms. The Morgan fingerprint density at radius 3 is 2.26 bits per heavy atom. The summed E-state index contributed by atoms with van der Waals surface area (Å²) in [6.45, 7) is 2.63. The Morgan fingerprint density at radius 2 is 1.70 bits per heavy atom. The minimum atomic E-state index is -0.347. The molecule has 0 aliphatic carbocycles. The number of ether oxygens (including phenoxy) is 2. The molecule has 1 aliphatic rings. The molecule has 1 aliphatic heterocycles. The zero-order valence-electron chi connectivity index (χ0n) is 12.8. The van der Waals surface area contributed by atoms with Gasteiger partial charge in [0.25, 0.3) is 0 Å². The summed E-state index contributed by atoms with van der Waals surface area (Å²) < 4.78 is 11.0. The van der Waals surface area contributed by atoms with E-state index in [9.17, 15) is 9.90 Å². The van der Waals surface area contributed by atoms with Crippen LogP contribution in [0.2, 0.25) is 0 Å². The maximum Gasteiger partial charge on any atom is 0.218 e. The number of carbonyl (C=O) groups is 1. The van der Waals surface area contributed by atoms with Crippen LogP contribution in [-0.4, -0.2) is 59.9 Å². The summed E-state index contributed by atoms with van der Waals surface area (Å²) in [4.78, 5) is 13.9. The van der Waals surface area contributed by atoms with Gasteiger partial charge in [-0.3, -0.25) is 4.79 Å². The predicted octanol–water partition coefficient (Wildman–Crippen LogP) is 2.70. The third-order valence-corrected chi connectivity index (χ3v) is 5.30. The van der Waals surface area contributed by atoms with Crippen molar-refractivity contribution in [2.75, 3.05) is 54.6 Å². The number of hydrogen-bond acceptors (Lipinski definition) is 7. The first-order valence-electron chi connectivity index (χ1n) is 7.30. The number of phenolic OH excluding ortho intramolecular Hbond substituents is 1. The fourth-order valence-corrected chi connectivity index (χ4v) is 3.98. The standard InChI is InChI=1S/C15H21NO4S3/c17-12-1-2-14(13(9-12)15(18)21)16-10-22-7-5-19-3-4-20-6-8-23-11-16/h1-2,9,17H,3-8,10-11H2,(H,18,21). The number of benzene rings is 1. The lowest BCUT2D eigenvalue weighted by atomic mass is 10.1. The predicted molar refractivity (Wildman–Crippen MR) is 100 cm³/mol. The van der Waals surface area contributed by atoms with E-state index in [4.69, 9.17) is 9.47 Å². The first kappa shape index (κ1) is 18.8. The van der Waals surface area contributed by atoms with Crippen LogP contribution < -0.4 is 4.90 Å². The van der Waals surface area contributed by atoms with Gasteiger partial charge in [-0.1, -0.05) is 0 Å². The molecule has 0 radical (unpaired) electrons. The van der Waals surface area contributed by atoms with Crippen molar-refractivity contribution < 1.29 is 19.4 Å². The highest BCUT2D eigenvalue weighted by molar-refractivity contribution is 8.00. The van der Waals surface area contributed by atoms with Gasteiger partial charge >= 0.3 is 0 Å². The summed E-state index contributed by atoms with van der Waals surface area (Å²) in [5.74, 6) is 3.32. The second-order valence-corrected chi connectivity index (χ2v) is 7.40. The number of phenols is 1. The maximum absolute atomic E-state index is 11.8. The lowest BCUT2D eigenvalue weighted by Gasteiger charge is -2.26. The summed E-state index contributed by atoms with van der Waals surface area (Å²) in [6, 6.07) is 4.83. The summed E-state index contributed by atoms with van der Waals surface area (Å²) >= 11 is 7.43. The van der Waals surface area contributed by atoms with Gasteiger partial charge in [-0.15, -0.1) is 36.2 Å². The summed E-state index contributed by atoms with van der Waals surface area (Å²) in [6.07, 6.45) is 0. The SMILES string of the molecule is O=C(S)c1cc(O)ccc1N1CSCCOCCOCCSC1. The normalized spacial score (nSPS) is 18.6. The van der Waals surface area contributed by atoms with Gasteiger partial charge in [0.1, 0.15) is 5.75 Å². The van der Waals surface area contributed by atoms with Crippen molar-refractivity contribution in [1.29, 1.82) is 0 Å². The van der Waals surface area contributed by atoms with Crippen LogP contribution in [0, 0.1) is 0 Å². The Kier molecular flexibility index (Phi) is 8.46. The molecule has 128 valence electrons. The van der Waals surface area contributed by atoms with E-state index in [1.165, 1.54) is 6.07 Å². The maximum atomic E-state index is 11.8. The molecule has 0 spiro atoms. The Bertz CT molecular complexity index is 501.